The molecule has 18 heavy (non-hydrogen) atoms. The summed E-state index contributed by atoms with van der Waals surface area (Å²) < 4.78 is 4.78. The molecule has 0 radical (unpaired) electrons. The summed E-state index contributed by atoms with van der Waals surface area (Å²) >= 11 is 0. The molecule has 7 nitrogen and oxygen atoms in total. The maximum atomic E-state index is 11.6. The minimum absolute atomic E-state index is 0.145. The van der Waals surface area contributed by atoms with Crippen LogP contribution < -0.4 is 5.56 Å². The second-order valence-electron chi connectivity index (χ2n) is 3.48. The zero-order valence-electron chi connectivity index (χ0n) is 9.77. The predicted octanol–water partition coefficient (Wildman–Crippen LogP) is 0.613. The molecule has 0 fully saturated rings. The van der Waals surface area contributed by atoms with Crippen molar-refractivity contribution in [3.63, 3.8) is 0 Å². The van der Waals surface area contributed by atoms with Crippen LogP contribution in [0.4, 0.5) is 0 Å². The van der Waals surface area contributed by atoms with Crippen LogP contribution in [0, 0.1) is 0 Å². The van der Waals surface area contributed by atoms with Gasteiger partial charge in [0.15, 0.2) is 5.65 Å². The molecule has 94 valence electrons. The maximum Gasteiger partial charge on any atom is 0.309 e. The Balaban J connectivity index is 2.20. The molecule has 2 aromatic heterocycles. The normalized spacial score (nSPS) is 11.2. The monoisotopic (exact) mass is 248 g/mol. The Morgan fingerprint density at radius 2 is 2.39 bits per heavy atom. The number of esters is 1. The number of aromatic amines is 2. The minimum atomic E-state index is -0.315. The lowest BCUT2D eigenvalue weighted by atomic mass is 10.2. The molecular formula is C11H12N4O3. The van der Waals surface area contributed by atoms with Gasteiger partial charge in [-0.15, -0.1) is 0 Å². The molecule has 2 aromatic rings. The van der Waals surface area contributed by atoms with Gasteiger partial charge in [-0.25, -0.2) is 4.98 Å². The van der Waals surface area contributed by atoms with Crippen molar-refractivity contribution in [3.8, 4) is 0 Å². The van der Waals surface area contributed by atoms with Gasteiger partial charge in [-0.2, -0.15) is 5.10 Å². The van der Waals surface area contributed by atoms with Crippen molar-refractivity contribution in [1.29, 1.82) is 0 Å². The van der Waals surface area contributed by atoms with Crippen LogP contribution in [0.25, 0.3) is 17.1 Å². The van der Waals surface area contributed by atoms with Crippen LogP contribution in [0.2, 0.25) is 0 Å². The van der Waals surface area contributed by atoms with Crippen molar-refractivity contribution in [1.82, 2.24) is 20.2 Å². The van der Waals surface area contributed by atoms with Gasteiger partial charge in [-0.3, -0.25) is 14.7 Å². The van der Waals surface area contributed by atoms with Crippen LogP contribution in [0.3, 0.4) is 0 Å². The predicted molar refractivity (Wildman–Crippen MR) is 64.8 cm³/mol. The number of hydrogen-bond donors (Lipinski definition) is 2. The number of aromatic nitrogens is 4. The number of hydrogen-bond acceptors (Lipinski definition) is 5. The second-order valence-corrected chi connectivity index (χ2v) is 3.48. The zero-order valence-corrected chi connectivity index (χ0v) is 9.77. The highest BCUT2D eigenvalue weighted by molar-refractivity contribution is 5.83. The molecule has 0 aliphatic heterocycles. The first-order chi connectivity index (χ1) is 8.72. The maximum absolute atomic E-state index is 11.6. The molecule has 2 rings (SSSR count). The van der Waals surface area contributed by atoms with Crippen LogP contribution in [0.1, 0.15) is 19.0 Å². The summed E-state index contributed by atoms with van der Waals surface area (Å²) in [6.45, 7) is 2.10. The highest BCUT2D eigenvalue weighted by atomic mass is 16.5. The number of fused-ring (bicyclic) bond motifs is 1. The first-order valence-electron chi connectivity index (χ1n) is 5.46. The highest BCUT2D eigenvalue weighted by Gasteiger charge is 2.07. The fourth-order valence-electron chi connectivity index (χ4n) is 1.50. The largest absolute Gasteiger partial charge is 0.466 e. The molecule has 0 saturated carbocycles. The number of carbonyl (C=O) groups is 1. The lowest BCUT2D eigenvalue weighted by Gasteiger charge is -1.96. The lowest BCUT2D eigenvalue weighted by Crippen LogP contribution is -2.05. The van der Waals surface area contributed by atoms with E-state index in [1.54, 1.807) is 19.1 Å². The number of carbonyl (C=O) groups excluding carboxylic acids is 1. The van der Waals surface area contributed by atoms with Crippen molar-refractivity contribution in [3.05, 3.63) is 28.5 Å². The van der Waals surface area contributed by atoms with E-state index in [4.69, 9.17) is 4.74 Å². The summed E-state index contributed by atoms with van der Waals surface area (Å²) in [5.74, 6) is -0.315. The number of nitrogens with one attached hydrogen (secondary N) is 2. The average molecular weight is 248 g/mol. The number of nitrogens with zero attached hydrogens (tertiary/aromatic N) is 2. The third kappa shape index (κ3) is 2.45. The van der Waals surface area contributed by atoms with E-state index >= 15 is 0 Å². The third-order valence-electron chi connectivity index (χ3n) is 2.26. The van der Waals surface area contributed by atoms with Crippen molar-refractivity contribution >= 4 is 23.1 Å². The van der Waals surface area contributed by atoms with E-state index < -0.39 is 0 Å². The Bertz CT molecular complexity index is 641. The van der Waals surface area contributed by atoms with Gasteiger partial charge in [0, 0.05) is 0 Å². The Kier molecular flexibility index (Phi) is 3.52. The highest BCUT2D eigenvalue weighted by Crippen LogP contribution is 2.09. The van der Waals surface area contributed by atoms with E-state index in [0.29, 0.717) is 23.3 Å². The fourth-order valence-corrected chi connectivity index (χ4v) is 1.50. The molecule has 0 aliphatic carbocycles. The topological polar surface area (TPSA) is 101 Å². The van der Waals surface area contributed by atoms with Gasteiger partial charge in [0.05, 0.1) is 25.0 Å². The van der Waals surface area contributed by atoms with E-state index in [2.05, 4.69) is 20.2 Å². The molecule has 0 aliphatic rings. The number of H-pyrrole nitrogens is 2. The molecule has 0 atom stereocenters. The molecule has 0 unspecified atom stereocenters. The van der Waals surface area contributed by atoms with Gasteiger partial charge in [0.1, 0.15) is 5.39 Å². The molecule has 0 amide bonds. The summed E-state index contributed by atoms with van der Waals surface area (Å²) in [5, 5.41) is 6.95. The Hall–Kier alpha value is -2.44. The van der Waals surface area contributed by atoms with E-state index in [1.165, 1.54) is 6.33 Å². The molecule has 0 saturated heterocycles. The van der Waals surface area contributed by atoms with Gasteiger partial charge in [0.25, 0.3) is 5.56 Å². The smallest absolute Gasteiger partial charge is 0.309 e. The van der Waals surface area contributed by atoms with E-state index in [0.717, 1.165) is 0 Å². The average Bonchev–Trinajstić information content (AvgIpc) is 2.74. The minimum Gasteiger partial charge on any atom is -0.466 e. The van der Waals surface area contributed by atoms with Gasteiger partial charge >= 0.3 is 5.97 Å². The van der Waals surface area contributed by atoms with Gasteiger partial charge in [0.2, 0.25) is 0 Å². The van der Waals surface area contributed by atoms with Crippen LogP contribution in [-0.4, -0.2) is 32.7 Å². The van der Waals surface area contributed by atoms with Gasteiger partial charge < -0.3 is 9.72 Å². The standard InChI is InChI=1S/C11H12N4O3/c1-2-18-8(16)5-3-4-7-9-10(15-14-7)12-6-13-11(9)17/h3-4,6H,2,5H2,1H3,(H2,12,13,14,15,17). The Labute approximate surface area is 102 Å². The SMILES string of the molecule is CCOC(=O)CC=Cc1[nH]nc2nc[nH]c(=O)c12. The first kappa shape index (κ1) is 12.0. The van der Waals surface area contributed by atoms with E-state index in [-0.39, 0.29) is 17.9 Å². The van der Waals surface area contributed by atoms with Crippen LogP contribution in [0.15, 0.2) is 17.2 Å². The van der Waals surface area contributed by atoms with Gasteiger partial charge in [-0.05, 0) is 13.0 Å². The molecular weight excluding hydrogens is 236 g/mol. The lowest BCUT2D eigenvalue weighted by molar-refractivity contribution is -0.142. The Morgan fingerprint density at radius 3 is 3.17 bits per heavy atom. The Morgan fingerprint density at radius 1 is 1.56 bits per heavy atom. The molecule has 0 spiro atoms. The third-order valence-corrected chi connectivity index (χ3v) is 2.26. The summed E-state index contributed by atoms with van der Waals surface area (Å²) in [6, 6.07) is 0. The van der Waals surface area contributed by atoms with Crippen LogP contribution >= 0.6 is 0 Å². The number of rotatable bonds is 4. The van der Waals surface area contributed by atoms with Crippen molar-refractivity contribution < 1.29 is 9.53 Å². The summed E-state index contributed by atoms with van der Waals surface area (Å²) in [4.78, 5) is 29.1. The fraction of sp³-hybridized carbons (Fsp3) is 0.273. The van der Waals surface area contributed by atoms with Gasteiger partial charge in [-0.1, -0.05) is 6.08 Å². The summed E-state index contributed by atoms with van der Waals surface area (Å²) in [5.41, 5.74) is 0.586. The van der Waals surface area contributed by atoms with Crippen molar-refractivity contribution in [2.24, 2.45) is 0 Å². The number of ether oxygens (including phenoxy) is 1. The molecule has 0 bridgehead atoms. The quantitative estimate of drug-likeness (QED) is 0.772. The van der Waals surface area contributed by atoms with Crippen molar-refractivity contribution in [2.75, 3.05) is 6.61 Å². The summed E-state index contributed by atoms with van der Waals surface area (Å²) in [6.07, 6.45) is 4.66. The second kappa shape index (κ2) is 5.26. The van der Waals surface area contributed by atoms with E-state index in [1.807, 2.05) is 0 Å². The molecule has 7 heteroatoms. The molecule has 2 heterocycles. The summed E-state index contributed by atoms with van der Waals surface area (Å²) in [7, 11) is 0. The van der Waals surface area contributed by atoms with Crippen LogP contribution in [0.5, 0.6) is 0 Å². The first-order valence-corrected chi connectivity index (χ1v) is 5.46. The molecule has 0 aromatic carbocycles. The van der Waals surface area contributed by atoms with Crippen molar-refractivity contribution in [2.45, 2.75) is 13.3 Å². The zero-order chi connectivity index (χ0) is 13.0. The van der Waals surface area contributed by atoms with E-state index in [9.17, 15) is 9.59 Å². The molecule has 2 N–H and O–H groups in total. The van der Waals surface area contributed by atoms with Crippen LogP contribution in [-0.2, 0) is 9.53 Å².